The van der Waals surface area contributed by atoms with Gasteiger partial charge >= 0.3 is 5.97 Å². The van der Waals surface area contributed by atoms with Gasteiger partial charge in [-0.3, -0.25) is 18.6 Å². The van der Waals surface area contributed by atoms with Crippen LogP contribution in [0.15, 0.2) is 76.1 Å². The number of carbonyl (C=O) groups is 2. The Balaban J connectivity index is 1.32. The molecule has 1 atom stereocenters. The van der Waals surface area contributed by atoms with Crippen LogP contribution in [0.3, 0.4) is 0 Å². The molecule has 0 saturated heterocycles. The predicted molar refractivity (Wildman–Crippen MR) is 128 cm³/mol. The number of aryl methyl sites for hydroxylation is 1. The molecule has 4 heterocycles. The van der Waals surface area contributed by atoms with Gasteiger partial charge in [0.1, 0.15) is 6.04 Å². The lowest BCUT2D eigenvalue weighted by atomic mass is 9.93. The third-order valence-electron chi connectivity index (χ3n) is 6.55. The molecule has 1 aliphatic heterocycles. The maximum atomic E-state index is 13.3. The van der Waals surface area contributed by atoms with Crippen molar-refractivity contribution in [3.05, 3.63) is 100.0 Å². The maximum absolute atomic E-state index is 13.3. The molecule has 0 radical (unpaired) electrons. The van der Waals surface area contributed by atoms with Crippen molar-refractivity contribution in [2.45, 2.75) is 25.6 Å². The van der Waals surface area contributed by atoms with Gasteiger partial charge in [-0.25, -0.2) is 4.79 Å². The van der Waals surface area contributed by atoms with Gasteiger partial charge in [0.25, 0.3) is 11.5 Å². The smallest absolute Gasteiger partial charge is 0.329 e. The van der Waals surface area contributed by atoms with E-state index < -0.39 is 12.0 Å². The molecular formula is C26H21N5O5. The van der Waals surface area contributed by atoms with Gasteiger partial charge in [0.15, 0.2) is 18.2 Å². The number of para-hydroxylation sites is 1. The number of nitrogens with zero attached hydrogens (tertiary/aromatic N) is 5. The van der Waals surface area contributed by atoms with E-state index in [2.05, 4.69) is 10.2 Å². The molecule has 1 aliphatic rings. The highest BCUT2D eigenvalue weighted by Crippen LogP contribution is 2.26. The molecule has 0 fully saturated rings. The summed E-state index contributed by atoms with van der Waals surface area (Å²) in [6, 6.07) is 17.2. The zero-order chi connectivity index (χ0) is 24.8. The van der Waals surface area contributed by atoms with Crippen LogP contribution in [0.4, 0.5) is 0 Å². The first-order chi connectivity index (χ1) is 17.5. The highest BCUT2D eigenvalue weighted by atomic mass is 16.5. The Morgan fingerprint density at radius 3 is 2.61 bits per heavy atom. The second kappa shape index (κ2) is 8.49. The largest absolute Gasteiger partial charge is 0.459 e. The molecule has 0 saturated carbocycles. The molecular weight excluding hydrogens is 462 g/mol. The molecule has 0 N–H and O–H groups in total. The number of esters is 1. The highest BCUT2D eigenvalue weighted by Gasteiger charge is 2.37. The zero-order valence-electron chi connectivity index (χ0n) is 19.3. The Labute approximate surface area is 204 Å². The number of benzene rings is 2. The minimum Gasteiger partial charge on any atom is -0.459 e. The lowest BCUT2D eigenvalue weighted by molar-refractivity contribution is -0.151. The molecule has 36 heavy (non-hydrogen) atoms. The van der Waals surface area contributed by atoms with Crippen LogP contribution in [-0.4, -0.2) is 42.0 Å². The van der Waals surface area contributed by atoms with Gasteiger partial charge in [-0.15, -0.1) is 10.2 Å². The van der Waals surface area contributed by atoms with Crippen LogP contribution in [0.2, 0.25) is 0 Å². The van der Waals surface area contributed by atoms with Crippen molar-refractivity contribution in [3.8, 4) is 0 Å². The molecule has 0 aliphatic carbocycles. The molecule has 10 heteroatoms. The minimum atomic E-state index is -0.835. The molecule has 6 rings (SSSR count). The molecule has 0 bridgehead atoms. The van der Waals surface area contributed by atoms with Crippen molar-refractivity contribution in [3.63, 3.8) is 0 Å². The first-order valence-electron chi connectivity index (χ1n) is 11.4. The number of fused-ring (bicyclic) bond motifs is 4. The summed E-state index contributed by atoms with van der Waals surface area (Å²) in [5.41, 5.74) is 2.38. The molecule has 180 valence electrons. The summed E-state index contributed by atoms with van der Waals surface area (Å²) in [5, 5.41) is 8.81. The van der Waals surface area contributed by atoms with Gasteiger partial charge in [-0.1, -0.05) is 36.4 Å². The molecule has 5 aromatic rings. The first kappa shape index (κ1) is 21.8. The van der Waals surface area contributed by atoms with E-state index in [4.69, 9.17) is 9.15 Å². The summed E-state index contributed by atoms with van der Waals surface area (Å²) in [4.78, 5) is 40.7. The number of rotatable bonds is 4. The van der Waals surface area contributed by atoms with Gasteiger partial charge in [-0.2, -0.15) is 0 Å². The summed E-state index contributed by atoms with van der Waals surface area (Å²) in [6.07, 6.45) is 1.74. The Morgan fingerprint density at radius 1 is 1.03 bits per heavy atom. The van der Waals surface area contributed by atoms with Crippen LogP contribution in [0.1, 0.15) is 27.5 Å². The number of aromatic nitrogens is 4. The monoisotopic (exact) mass is 483 g/mol. The van der Waals surface area contributed by atoms with E-state index in [-0.39, 0.29) is 30.4 Å². The number of hydrogen-bond acceptors (Lipinski definition) is 7. The number of carbonyl (C=O) groups excluding carboxylic acids is 2. The van der Waals surface area contributed by atoms with Crippen molar-refractivity contribution >= 4 is 28.6 Å². The van der Waals surface area contributed by atoms with Gasteiger partial charge in [0.05, 0.1) is 17.2 Å². The summed E-state index contributed by atoms with van der Waals surface area (Å²) < 4.78 is 14.1. The van der Waals surface area contributed by atoms with Crippen molar-refractivity contribution in [1.29, 1.82) is 0 Å². The van der Waals surface area contributed by atoms with Crippen molar-refractivity contribution in [1.82, 2.24) is 24.1 Å². The maximum Gasteiger partial charge on any atom is 0.329 e. The lowest BCUT2D eigenvalue weighted by Crippen LogP contribution is -2.49. The Bertz CT molecular complexity index is 1680. The quantitative estimate of drug-likeness (QED) is 0.361. The summed E-state index contributed by atoms with van der Waals surface area (Å²) in [6.45, 7) is 0.0826. The van der Waals surface area contributed by atoms with Gasteiger partial charge in [-0.05, 0) is 35.4 Å². The third kappa shape index (κ3) is 3.46. The lowest BCUT2D eigenvalue weighted by Gasteiger charge is -2.34. The van der Waals surface area contributed by atoms with E-state index >= 15 is 0 Å². The van der Waals surface area contributed by atoms with Crippen molar-refractivity contribution in [2.75, 3.05) is 0 Å². The second-order valence-electron chi connectivity index (χ2n) is 8.64. The Morgan fingerprint density at radius 2 is 1.81 bits per heavy atom. The molecule has 1 amide bonds. The molecule has 3 aromatic heterocycles. The Kier molecular flexibility index (Phi) is 5.14. The van der Waals surface area contributed by atoms with E-state index in [1.54, 1.807) is 41.8 Å². The number of hydrogen-bond donors (Lipinski definition) is 0. The van der Waals surface area contributed by atoms with E-state index in [9.17, 15) is 14.4 Å². The summed E-state index contributed by atoms with van der Waals surface area (Å²) in [7, 11) is 1.62. The number of amides is 1. The fourth-order valence-corrected chi connectivity index (χ4v) is 4.71. The molecule has 10 nitrogen and oxygen atoms in total. The second-order valence-corrected chi connectivity index (χ2v) is 8.64. The van der Waals surface area contributed by atoms with Crippen molar-refractivity contribution < 1.29 is 18.7 Å². The van der Waals surface area contributed by atoms with Crippen LogP contribution >= 0.6 is 0 Å². The molecule has 2 aromatic carbocycles. The van der Waals surface area contributed by atoms with Crippen molar-refractivity contribution in [2.24, 2.45) is 7.05 Å². The Hall–Kier alpha value is -4.73. The fraction of sp³-hybridized carbons (Fsp3) is 0.192. The average Bonchev–Trinajstić information content (AvgIpc) is 3.60. The molecule has 0 spiro atoms. The van der Waals surface area contributed by atoms with Crippen LogP contribution < -0.4 is 5.56 Å². The van der Waals surface area contributed by atoms with Gasteiger partial charge < -0.3 is 14.1 Å². The molecule has 0 unspecified atom stereocenters. The van der Waals surface area contributed by atoms with Gasteiger partial charge in [0.2, 0.25) is 5.78 Å². The number of furan rings is 1. The minimum absolute atomic E-state index is 0.156. The standard InChI is InChI=1S/C26H21N5O5/c1-29-23(32)18-9-4-5-10-19(18)31-22(27-28-26(29)31)15-36-25(34)20-13-16-7-2-3-8-17(16)14-30(20)24(33)21-11-6-12-35-21/h2-12,20H,13-15H2,1H3/t20-/m0/s1. The normalized spacial score (nSPS) is 15.2. The van der Waals surface area contributed by atoms with E-state index in [0.717, 1.165) is 11.1 Å². The van der Waals surface area contributed by atoms with Gasteiger partial charge in [0, 0.05) is 20.0 Å². The van der Waals surface area contributed by atoms with Crippen LogP contribution in [0, 0.1) is 0 Å². The summed E-state index contributed by atoms with van der Waals surface area (Å²) >= 11 is 0. The topological polar surface area (TPSA) is 112 Å². The van der Waals surface area contributed by atoms with Crippen LogP contribution in [0.5, 0.6) is 0 Å². The number of ether oxygens (including phenoxy) is 1. The predicted octanol–water partition coefficient (Wildman–Crippen LogP) is 2.48. The van der Waals surface area contributed by atoms with E-state index in [0.29, 0.717) is 28.9 Å². The summed E-state index contributed by atoms with van der Waals surface area (Å²) in [5.74, 6) is -0.0834. The first-order valence-corrected chi connectivity index (χ1v) is 11.4. The van der Waals surface area contributed by atoms with Crippen LogP contribution in [0.25, 0.3) is 16.7 Å². The van der Waals surface area contributed by atoms with E-state index in [1.165, 1.54) is 15.7 Å². The van der Waals surface area contributed by atoms with E-state index in [1.807, 2.05) is 30.3 Å². The zero-order valence-corrected chi connectivity index (χ0v) is 19.3. The van der Waals surface area contributed by atoms with Crippen LogP contribution in [-0.2, 0) is 36.2 Å². The fourth-order valence-electron chi connectivity index (χ4n) is 4.71. The SMILES string of the molecule is Cn1c(=O)c2ccccc2n2c(COC(=O)[C@@H]3Cc4ccccc4CN3C(=O)c3ccco3)nnc12. The highest BCUT2D eigenvalue weighted by molar-refractivity contribution is 5.95. The third-order valence-corrected chi connectivity index (χ3v) is 6.55. The average molecular weight is 483 g/mol.